The van der Waals surface area contributed by atoms with Crippen molar-refractivity contribution in [1.29, 1.82) is 5.26 Å². The molecule has 0 aromatic carbocycles. The van der Waals surface area contributed by atoms with E-state index in [1.807, 2.05) is 0 Å². The molecule has 1 amide bonds. The first-order valence-electron chi connectivity index (χ1n) is 3.01. The third kappa shape index (κ3) is 4.85. The molecule has 1 radical (unpaired) electrons. The van der Waals surface area contributed by atoms with E-state index in [1.54, 1.807) is 0 Å². The van der Waals surface area contributed by atoms with Gasteiger partial charge >= 0.3 is 0 Å². The van der Waals surface area contributed by atoms with Crippen LogP contribution in [0.1, 0.15) is 12.8 Å². The maximum atomic E-state index is 10.5. The molecule has 0 saturated carbocycles. The van der Waals surface area contributed by atoms with Gasteiger partial charge in [0, 0.05) is 41.9 Å². The summed E-state index contributed by atoms with van der Waals surface area (Å²) in [6.45, 7) is 0. The monoisotopic (exact) mass is 194 g/mol. The molecule has 0 aliphatic rings. The molecule has 0 fully saturated rings. The third-order valence-electron chi connectivity index (χ3n) is 1.27. The molecule has 0 heterocycles. The predicted octanol–water partition coefficient (Wildman–Crippen LogP) is -3.12. The minimum atomic E-state index is -2.31. The fourth-order valence-electron chi connectivity index (χ4n) is 0.606. The largest absolute Gasteiger partial charge is 0.550 e. The molecule has 0 aliphatic heterocycles. The van der Waals surface area contributed by atoms with Crippen molar-refractivity contribution < 1.29 is 19.8 Å². The summed E-state index contributed by atoms with van der Waals surface area (Å²) in [6, 6.07) is 1.45. The van der Waals surface area contributed by atoms with Gasteiger partial charge in [0.2, 0.25) is 0 Å². The van der Waals surface area contributed by atoms with E-state index in [1.165, 1.54) is 6.07 Å². The standard InChI is InChI=1S/C6H8N2O4.Na/c7-2-1-6(12,5(8)11)3-4(9)10;/h12H,1,3H2,(H2,8,11)(H,9,10);/p-1. The Morgan fingerprint density at radius 2 is 2.08 bits per heavy atom. The number of nitrogens with two attached hydrogens (primary N) is 1. The van der Waals surface area contributed by atoms with E-state index in [9.17, 15) is 14.7 Å². The normalized spacial score (nSPS) is 13.2. The molecule has 0 bridgehead atoms. The number of aliphatic carboxylic acids is 1. The average Bonchev–Trinajstić information content (AvgIpc) is 1.85. The zero-order valence-electron chi connectivity index (χ0n) is 7.11. The number of nitriles is 1. The Balaban J connectivity index is 0. The number of aliphatic hydroxyl groups is 1. The number of amides is 1. The van der Waals surface area contributed by atoms with Gasteiger partial charge in [0.1, 0.15) is 0 Å². The van der Waals surface area contributed by atoms with E-state index < -0.39 is 30.3 Å². The quantitative estimate of drug-likeness (QED) is 0.457. The van der Waals surface area contributed by atoms with Gasteiger partial charge in [0.05, 0.1) is 12.5 Å². The van der Waals surface area contributed by atoms with Crippen LogP contribution in [0.5, 0.6) is 0 Å². The molecule has 13 heavy (non-hydrogen) atoms. The molecule has 0 aromatic rings. The van der Waals surface area contributed by atoms with Crippen molar-refractivity contribution in [3.63, 3.8) is 0 Å². The van der Waals surface area contributed by atoms with Crippen LogP contribution in [0, 0.1) is 11.3 Å². The molecule has 0 saturated heterocycles. The summed E-state index contributed by atoms with van der Waals surface area (Å²) in [6.07, 6.45) is -1.62. The smallest absolute Gasteiger partial charge is 0.250 e. The Bertz CT molecular complexity index is 250. The number of carbonyl (C=O) groups is 2. The van der Waals surface area contributed by atoms with Crippen molar-refractivity contribution in [3.05, 3.63) is 0 Å². The van der Waals surface area contributed by atoms with Crippen LogP contribution in [0.3, 0.4) is 0 Å². The molecular formula is C6H7N2NaO4-. The van der Waals surface area contributed by atoms with Crippen LogP contribution in [0.15, 0.2) is 0 Å². The van der Waals surface area contributed by atoms with Gasteiger partial charge in [-0.25, -0.2) is 0 Å². The summed E-state index contributed by atoms with van der Waals surface area (Å²) in [4.78, 5) is 20.5. The molecule has 6 nitrogen and oxygen atoms in total. The summed E-state index contributed by atoms with van der Waals surface area (Å²) in [5, 5.41) is 27.3. The number of hydrogen-bond acceptors (Lipinski definition) is 5. The molecule has 3 N–H and O–H groups in total. The fourth-order valence-corrected chi connectivity index (χ4v) is 0.606. The van der Waals surface area contributed by atoms with Crippen LogP contribution < -0.4 is 10.8 Å². The second-order valence-electron chi connectivity index (χ2n) is 2.28. The van der Waals surface area contributed by atoms with Gasteiger partial charge in [-0.2, -0.15) is 5.26 Å². The molecule has 0 rings (SSSR count). The second-order valence-corrected chi connectivity index (χ2v) is 2.28. The second kappa shape index (κ2) is 5.94. The first-order chi connectivity index (χ1) is 5.42. The topological polar surface area (TPSA) is 127 Å². The number of rotatable bonds is 4. The molecule has 0 aliphatic carbocycles. The van der Waals surface area contributed by atoms with Crippen LogP contribution in [-0.2, 0) is 9.59 Å². The maximum absolute atomic E-state index is 10.5. The minimum absolute atomic E-state index is 0. The summed E-state index contributed by atoms with van der Waals surface area (Å²) in [5.41, 5.74) is 2.36. The van der Waals surface area contributed by atoms with Crippen molar-refractivity contribution in [1.82, 2.24) is 0 Å². The zero-order valence-corrected chi connectivity index (χ0v) is 9.11. The molecule has 1 atom stereocenters. The van der Waals surface area contributed by atoms with E-state index in [0.717, 1.165) is 0 Å². The van der Waals surface area contributed by atoms with Gasteiger partial charge in [-0.3, -0.25) is 4.79 Å². The number of hydrogen-bond donors (Lipinski definition) is 2. The molecule has 1 unspecified atom stereocenters. The van der Waals surface area contributed by atoms with E-state index in [-0.39, 0.29) is 29.6 Å². The van der Waals surface area contributed by atoms with E-state index in [2.05, 4.69) is 5.73 Å². The minimum Gasteiger partial charge on any atom is -0.550 e. The maximum Gasteiger partial charge on any atom is 0.250 e. The van der Waals surface area contributed by atoms with Gasteiger partial charge in [-0.15, -0.1) is 0 Å². The summed E-state index contributed by atoms with van der Waals surface area (Å²) in [5.74, 6) is -2.88. The van der Waals surface area contributed by atoms with Gasteiger partial charge < -0.3 is 20.7 Å². The Morgan fingerprint density at radius 3 is 2.31 bits per heavy atom. The van der Waals surface area contributed by atoms with Gasteiger partial charge in [-0.1, -0.05) is 0 Å². The third-order valence-corrected chi connectivity index (χ3v) is 1.27. The molecule has 7 heteroatoms. The van der Waals surface area contributed by atoms with Gasteiger partial charge in [-0.05, 0) is 0 Å². The van der Waals surface area contributed by atoms with Gasteiger partial charge in [0.25, 0.3) is 5.91 Å². The Labute approximate surface area is 96.6 Å². The van der Waals surface area contributed by atoms with E-state index in [4.69, 9.17) is 10.4 Å². The fraction of sp³-hybridized carbons (Fsp3) is 0.500. The number of nitrogens with zero attached hydrogens (tertiary/aromatic N) is 1. The van der Waals surface area contributed by atoms with Crippen molar-refractivity contribution in [3.8, 4) is 6.07 Å². The summed E-state index contributed by atoms with van der Waals surface area (Å²) in [7, 11) is 0. The Kier molecular flexibility index (Phi) is 6.80. The first kappa shape index (κ1) is 14.9. The van der Waals surface area contributed by atoms with Gasteiger partial charge in [0.15, 0.2) is 5.60 Å². The zero-order chi connectivity index (χ0) is 9.78. The number of carboxylic acids is 1. The molecule has 0 aromatic heterocycles. The van der Waals surface area contributed by atoms with Crippen LogP contribution in [0.25, 0.3) is 0 Å². The number of carbonyl (C=O) groups excluding carboxylic acids is 2. The van der Waals surface area contributed by atoms with Crippen LogP contribution in [0.2, 0.25) is 0 Å². The van der Waals surface area contributed by atoms with Crippen LogP contribution in [-0.4, -0.2) is 52.1 Å². The average molecular weight is 194 g/mol. The molecule has 67 valence electrons. The van der Waals surface area contributed by atoms with Crippen LogP contribution >= 0.6 is 0 Å². The van der Waals surface area contributed by atoms with E-state index in [0.29, 0.717) is 0 Å². The Hall–Kier alpha value is -0.610. The summed E-state index contributed by atoms with van der Waals surface area (Å²) >= 11 is 0. The van der Waals surface area contributed by atoms with Crippen molar-refractivity contribution in [2.45, 2.75) is 18.4 Å². The van der Waals surface area contributed by atoms with Crippen LogP contribution in [0.4, 0.5) is 0 Å². The predicted molar refractivity (Wildman–Crippen MR) is 39.8 cm³/mol. The van der Waals surface area contributed by atoms with Crippen molar-refractivity contribution in [2.75, 3.05) is 0 Å². The summed E-state index contributed by atoms with van der Waals surface area (Å²) < 4.78 is 0. The Morgan fingerprint density at radius 1 is 1.62 bits per heavy atom. The molecular weight excluding hydrogens is 187 g/mol. The van der Waals surface area contributed by atoms with E-state index >= 15 is 0 Å². The van der Waals surface area contributed by atoms with Crippen molar-refractivity contribution >= 4 is 41.4 Å². The number of carboxylic acid groups (broad SMARTS) is 1. The molecule has 0 spiro atoms. The van der Waals surface area contributed by atoms with Crippen molar-refractivity contribution in [2.24, 2.45) is 5.73 Å². The number of primary amides is 1. The SMILES string of the molecule is N#CCC(O)(CC(=O)[O-])C(N)=O.[Na]. The first-order valence-corrected chi connectivity index (χ1v) is 3.01.